The van der Waals surface area contributed by atoms with Gasteiger partial charge in [0.25, 0.3) is 5.91 Å². The van der Waals surface area contributed by atoms with E-state index in [2.05, 4.69) is 10.4 Å². The van der Waals surface area contributed by atoms with E-state index in [9.17, 15) is 13.2 Å². The zero-order valence-electron chi connectivity index (χ0n) is 17.8. The Morgan fingerprint density at radius 3 is 2.56 bits per heavy atom. The monoisotopic (exact) mass is 492 g/mol. The quantitative estimate of drug-likeness (QED) is 0.537. The normalized spacial score (nSPS) is 15.4. The molecule has 0 saturated carbocycles. The molecule has 1 aliphatic heterocycles. The van der Waals surface area contributed by atoms with Crippen molar-refractivity contribution in [3.05, 3.63) is 62.9 Å². The van der Waals surface area contributed by atoms with Gasteiger partial charge in [-0.25, -0.2) is 13.1 Å². The fourth-order valence-electron chi connectivity index (χ4n) is 3.73. The minimum absolute atomic E-state index is 0.0312. The van der Waals surface area contributed by atoms with Crippen molar-refractivity contribution in [1.82, 2.24) is 14.1 Å². The Morgan fingerprint density at radius 2 is 1.88 bits per heavy atom. The summed E-state index contributed by atoms with van der Waals surface area (Å²) in [6.45, 7) is 3.51. The standard InChI is InChI=1S/C22H25ClN4O3S2/c1-16-6-8-18(31-16)15-27-21(10-11-24-27)25-22(28)17-7-9-19(23)20(14-17)32(29,30)26-12-4-2-3-5-13-26/h6-11,14H,2-5,12-13,15H2,1H3,(H,25,28). The highest BCUT2D eigenvalue weighted by atomic mass is 35.5. The molecule has 0 bridgehead atoms. The van der Waals surface area contributed by atoms with Gasteiger partial charge in [0.15, 0.2) is 0 Å². The van der Waals surface area contributed by atoms with Gasteiger partial charge in [0, 0.05) is 34.5 Å². The summed E-state index contributed by atoms with van der Waals surface area (Å²) in [6.07, 6.45) is 5.30. The van der Waals surface area contributed by atoms with Gasteiger partial charge in [-0.15, -0.1) is 11.3 Å². The summed E-state index contributed by atoms with van der Waals surface area (Å²) in [4.78, 5) is 15.2. The molecule has 1 saturated heterocycles. The SMILES string of the molecule is Cc1ccc(Cn2nccc2NC(=O)c2ccc(Cl)c(S(=O)(=O)N3CCCCCC3)c2)s1. The second-order valence-electron chi connectivity index (χ2n) is 7.80. The lowest BCUT2D eigenvalue weighted by molar-refractivity contribution is 0.102. The van der Waals surface area contributed by atoms with Crippen LogP contribution in [-0.2, 0) is 16.6 Å². The van der Waals surface area contributed by atoms with Crippen LogP contribution in [0.2, 0.25) is 5.02 Å². The molecule has 0 spiro atoms. The number of nitrogens with one attached hydrogen (secondary N) is 1. The third kappa shape index (κ3) is 5.06. The predicted molar refractivity (Wildman–Crippen MR) is 127 cm³/mol. The number of hydrogen-bond donors (Lipinski definition) is 1. The molecule has 10 heteroatoms. The molecule has 3 heterocycles. The number of sulfonamides is 1. The zero-order valence-corrected chi connectivity index (χ0v) is 20.1. The number of nitrogens with zero attached hydrogens (tertiary/aromatic N) is 3. The highest BCUT2D eigenvalue weighted by Gasteiger charge is 2.28. The number of halogens is 1. The maximum Gasteiger partial charge on any atom is 0.256 e. The van der Waals surface area contributed by atoms with Crippen LogP contribution >= 0.6 is 22.9 Å². The number of amides is 1. The van der Waals surface area contributed by atoms with Gasteiger partial charge in [-0.3, -0.25) is 4.79 Å². The van der Waals surface area contributed by atoms with E-state index in [-0.39, 0.29) is 15.5 Å². The van der Waals surface area contributed by atoms with Gasteiger partial charge in [0.1, 0.15) is 10.7 Å². The minimum Gasteiger partial charge on any atom is -0.307 e. The van der Waals surface area contributed by atoms with E-state index in [0.29, 0.717) is 25.5 Å². The Balaban J connectivity index is 1.55. The van der Waals surface area contributed by atoms with Crippen LogP contribution < -0.4 is 5.32 Å². The van der Waals surface area contributed by atoms with Crippen LogP contribution in [0.15, 0.2) is 47.5 Å². The van der Waals surface area contributed by atoms with Crippen molar-refractivity contribution in [2.45, 2.75) is 44.0 Å². The fraction of sp³-hybridized carbons (Fsp3) is 0.364. The first kappa shape index (κ1) is 23.0. The van der Waals surface area contributed by atoms with Gasteiger partial charge in [-0.2, -0.15) is 9.40 Å². The summed E-state index contributed by atoms with van der Waals surface area (Å²) in [5, 5.41) is 7.24. The number of carbonyl (C=O) groups excluding carboxylic acids is 1. The molecule has 170 valence electrons. The number of rotatable bonds is 6. The molecule has 1 aromatic carbocycles. The van der Waals surface area contributed by atoms with Gasteiger partial charge in [-0.05, 0) is 50.1 Å². The molecule has 2 aromatic heterocycles. The molecule has 32 heavy (non-hydrogen) atoms. The first-order chi connectivity index (χ1) is 15.3. The first-order valence-corrected chi connectivity index (χ1v) is 13.2. The molecule has 0 atom stereocenters. The Morgan fingerprint density at radius 1 is 1.12 bits per heavy atom. The molecule has 1 amide bonds. The number of hydrogen-bond acceptors (Lipinski definition) is 5. The summed E-state index contributed by atoms with van der Waals surface area (Å²) >= 11 is 7.93. The van der Waals surface area contributed by atoms with Crippen molar-refractivity contribution < 1.29 is 13.2 Å². The Bertz CT molecular complexity index is 1210. The van der Waals surface area contributed by atoms with Crippen LogP contribution in [0.25, 0.3) is 0 Å². The van der Waals surface area contributed by atoms with E-state index in [4.69, 9.17) is 11.6 Å². The lowest BCUT2D eigenvalue weighted by atomic mass is 10.2. The lowest BCUT2D eigenvalue weighted by Crippen LogP contribution is -2.32. The molecule has 0 unspecified atom stereocenters. The maximum absolute atomic E-state index is 13.2. The number of thiophene rings is 1. The molecular weight excluding hydrogens is 468 g/mol. The summed E-state index contributed by atoms with van der Waals surface area (Å²) in [5.74, 6) is 0.117. The molecule has 0 radical (unpaired) electrons. The van der Waals surface area contributed by atoms with Crippen LogP contribution in [-0.4, -0.2) is 41.5 Å². The van der Waals surface area contributed by atoms with Crippen LogP contribution in [0.3, 0.4) is 0 Å². The fourth-order valence-corrected chi connectivity index (χ4v) is 6.62. The summed E-state index contributed by atoms with van der Waals surface area (Å²) in [6, 6.07) is 10.1. The van der Waals surface area contributed by atoms with E-state index < -0.39 is 15.9 Å². The number of carbonyl (C=O) groups is 1. The van der Waals surface area contributed by atoms with Gasteiger partial charge in [0.05, 0.1) is 17.8 Å². The predicted octanol–water partition coefficient (Wildman–Crippen LogP) is 4.77. The number of benzene rings is 1. The highest BCUT2D eigenvalue weighted by molar-refractivity contribution is 7.89. The van der Waals surface area contributed by atoms with Crippen LogP contribution in [0.4, 0.5) is 5.82 Å². The van der Waals surface area contributed by atoms with E-state index >= 15 is 0 Å². The zero-order chi connectivity index (χ0) is 22.7. The van der Waals surface area contributed by atoms with Crippen molar-refractivity contribution in [2.24, 2.45) is 0 Å². The van der Waals surface area contributed by atoms with Gasteiger partial charge < -0.3 is 5.32 Å². The number of aromatic nitrogens is 2. The minimum atomic E-state index is -3.78. The average molecular weight is 493 g/mol. The van der Waals surface area contributed by atoms with Crippen molar-refractivity contribution in [3.63, 3.8) is 0 Å². The third-order valence-corrected chi connectivity index (χ3v) is 8.80. The first-order valence-electron chi connectivity index (χ1n) is 10.5. The van der Waals surface area contributed by atoms with E-state index in [1.807, 2.05) is 19.1 Å². The van der Waals surface area contributed by atoms with E-state index in [0.717, 1.165) is 30.6 Å². The molecular formula is C22H25ClN4O3S2. The van der Waals surface area contributed by atoms with Crippen LogP contribution in [0.1, 0.15) is 45.8 Å². The van der Waals surface area contributed by atoms with Crippen LogP contribution in [0.5, 0.6) is 0 Å². The molecule has 1 aliphatic rings. The maximum atomic E-state index is 13.2. The number of aryl methyl sites for hydroxylation is 1. The van der Waals surface area contributed by atoms with E-state index in [1.54, 1.807) is 28.3 Å². The van der Waals surface area contributed by atoms with Crippen molar-refractivity contribution >= 4 is 44.7 Å². The average Bonchev–Trinajstić information content (AvgIpc) is 3.26. The third-order valence-electron chi connectivity index (χ3n) is 5.44. The second kappa shape index (κ2) is 9.74. The molecule has 7 nitrogen and oxygen atoms in total. The summed E-state index contributed by atoms with van der Waals surface area (Å²) in [7, 11) is -3.78. The van der Waals surface area contributed by atoms with Gasteiger partial charge in [0.2, 0.25) is 10.0 Å². The number of anilines is 1. The molecule has 1 fully saturated rings. The van der Waals surface area contributed by atoms with Gasteiger partial charge in [-0.1, -0.05) is 24.4 Å². The lowest BCUT2D eigenvalue weighted by Gasteiger charge is -2.21. The molecule has 1 N–H and O–H groups in total. The Hall–Kier alpha value is -2.20. The van der Waals surface area contributed by atoms with Crippen molar-refractivity contribution in [1.29, 1.82) is 0 Å². The second-order valence-corrected chi connectivity index (χ2v) is 11.5. The van der Waals surface area contributed by atoms with Crippen molar-refractivity contribution in [2.75, 3.05) is 18.4 Å². The topological polar surface area (TPSA) is 84.3 Å². The largest absolute Gasteiger partial charge is 0.307 e. The van der Waals surface area contributed by atoms with Crippen LogP contribution in [0, 0.1) is 6.92 Å². The van der Waals surface area contributed by atoms with Gasteiger partial charge >= 0.3 is 0 Å². The Labute approximate surface area is 197 Å². The highest BCUT2D eigenvalue weighted by Crippen LogP contribution is 2.28. The van der Waals surface area contributed by atoms with E-state index in [1.165, 1.54) is 27.4 Å². The molecule has 3 aromatic rings. The van der Waals surface area contributed by atoms with Crippen molar-refractivity contribution in [3.8, 4) is 0 Å². The smallest absolute Gasteiger partial charge is 0.256 e. The summed E-state index contributed by atoms with van der Waals surface area (Å²) in [5.41, 5.74) is 0.225. The molecule has 4 rings (SSSR count). The summed E-state index contributed by atoms with van der Waals surface area (Å²) < 4.78 is 29.6. The Kier molecular flexibility index (Phi) is 6.99. The molecule has 0 aliphatic carbocycles.